The lowest BCUT2D eigenvalue weighted by Crippen LogP contribution is -2.28. The monoisotopic (exact) mass is 285 g/mol. The number of piperidine rings is 1. The average Bonchev–Trinajstić information content (AvgIpc) is 2.38. The first-order chi connectivity index (χ1) is 8.52. The summed E-state index contributed by atoms with van der Waals surface area (Å²) >= 11 is 1.48. The van der Waals surface area contributed by atoms with Crippen molar-refractivity contribution in [3.63, 3.8) is 0 Å². The third-order valence-electron chi connectivity index (χ3n) is 3.36. The van der Waals surface area contributed by atoms with Crippen LogP contribution in [0.3, 0.4) is 0 Å². The van der Waals surface area contributed by atoms with Gasteiger partial charge in [-0.15, -0.1) is 11.8 Å². The van der Waals surface area contributed by atoms with Gasteiger partial charge in [0, 0.05) is 17.7 Å². The number of nitrogens with one attached hydrogen (secondary N) is 1. The van der Waals surface area contributed by atoms with Crippen molar-refractivity contribution in [1.82, 2.24) is 5.32 Å². The number of rotatable bonds is 3. The smallest absolute Gasteiger partial charge is 0.176 e. The number of thioether (sulfide) groups is 1. The molecule has 0 spiro atoms. The summed E-state index contributed by atoms with van der Waals surface area (Å²) in [6.07, 6.45) is 5.48. The van der Waals surface area contributed by atoms with E-state index in [1.54, 1.807) is 0 Å². The molecule has 0 saturated carbocycles. The minimum atomic E-state index is -3.15. The Kier molecular flexibility index (Phi) is 4.35. The maximum Gasteiger partial charge on any atom is 0.176 e. The molecule has 0 aliphatic carbocycles. The molecule has 5 heteroatoms. The lowest BCUT2D eigenvalue weighted by molar-refractivity contribution is 0.461. The van der Waals surface area contributed by atoms with Crippen molar-refractivity contribution < 1.29 is 8.42 Å². The van der Waals surface area contributed by atoms with E-state index in [0.717, 1.165) is 36.4 Å². The predicted octanol–water partition coefficient (Wildman–Crippen LogP) is 2.28. The summed E-state index contributed by atoms with van der Waals surface area (Å²) < 4.78 is 23.6. The quantitative estimate of drug-likeness (QED) is 0.866. The highest BCUT2D eigenvalue weighted by Gasteiger charge is 2.19. The van der Waals surface area contributed by atoms with Gasteiger partial charge in [-0.05, 0) is 49.3 Å². The van der Waals surface area contributed by atoms with Crippen LogP contribution in [0.25, 0.3) is 0 Å². The second-order valence-corrected chi connectivity index (χ2v) is 7.56. The molecular formula is C13H19NO2S2. The zero-order chi connectivity index (χ0) is 13.2. The van der Waals surface area contributed by atoms with Crippen molar-refractivity contribution in [2.24, 2.45) is 0 Å². The van der Waals surface area contributed by atoms with Crippen molar-refractivity contribution in [3.05, 3.63) is 23.8 Å². The fourth-order valence-electron chi connectivity index (χ4n) is 2.37. The molecular weight excluding hydrogens is 266 g/mol. The van der Waals surface area contributed by atoms with Crippen LogP contribution in [0.4, 0.5) is 0 Å². The minimum absolute atomic E-state index is 0.440. The van der Waals surface area contributed by atoms with Gasteiger partial charge in [0.1, 0.15) is 0 Å². The molecule has 1 aliphatic rings. The van der Waals surface area contributed by atoms with E-state index in [9.17, 15) is 8.42 Å². The third kappa shape index (κ3) is 3.08. The van der Waals surface area contributed by atoms with Crippen LogP contribution in [-0.4, -0.2) is 34.0 Å². The number of sulfone groups is 1. The Hall–Kier alpha value is -0.520. The van der Waals surface area contributed by atoms with E-state index in [4.69, 9.17) is 0 Å². The van der Waals surface area contributed by atoms with Crippen LogP contribution in [0.15, 0.2) is 28.0 Å². The maximum absolute atomic E-state index is 11.8. The second-order valence-electron chi connectivity index (χ2n) is 4.73. The van der Waals surface area contributed by atoms with E-state index in [2.05, 4.69) is 11.4 Å². The molecule has 18 heavy (non-hydrogen) atoms. The summed E-state index contributed by atoms with van der Waals surface area (Å²) in [5, 5.41) is 3.37. The first kappa shape index (κ1) is 13.9. The van der Waals surface area contributed by atoms with Crippen molar-refractivity contribution in [3.8, 4) is 0 Å². The molecule has 1 atom stereocenters. The maximum atomic E-state index is 11.8. The predicted molar refractivity (Wildman–Crippen MR) is 76.2 cm³/mol. The largest absolute Gasteiger partial charge is 0.316 e. The van der Waals surface area contributed by atoms with E-state index in [-0.39, 0.29) is 0 Å². The molecule has 1 aromatic rings. The lowest BCUT2D eigenvalue weighted by Gasteiger charge is -2.23. The first-order valence-corrected chi connectivity index (χ1v) is 9.22. The van der Waals surface area contributed by atoms with Crippen LogP contribution in [0.5, 0.6) is 0 Å². The van der Waals surface area contributed by atoms with Gasteiger partial charge in [-0.2, -0.15) is 0 Å². The van der Waals surface area contributed by atoms with Gasteiger partial charge in [-0.25, -0.2) is 8.42 Å². The van der Waals surface area contributed by atoms with E-state index in [0.29, 0.717) is 10.8 Å². The third-order valence-corrected chi connectivity index (χ3v) is 5.42. The van der Waals surface area contributed by atoms with Crippen molar-refractivity contribution in [2.45, 2.75) is 28.6 Å². The Labute approximate surface area is 113 Å². The van der Waals surface area contributed by atoms with E-state index < -0.39 is 9.84 Å². The minimum Gasteiger partial charge on any atom is -0.316 e. The number of hydrogen-bond donors (Lipinski definition) is 1. The highest BCUT2D eigenvalue weighted by molar-refractivity contribution is 7.99. The highest BCUT2D eigenvalue weighted by atomic mass is 32.2. The first-order valence-electron chi connectivity index (χ1n) is 6.11. The Morgan fingerprint density at radius 2 is 2.17 bits per heavy atom. The van der Waals surface area contributed by atoms with E-state index in [1.807, 2.05) is 18.4 Å². The molecule has 1 aromatic carbocycles. The summed E-state index contributed by atoms with van der Waals surface area (Å²) in [7, 11) is -3.15. The zero-order valence-electron chi connectivity index (χ0n) is 10.8. The van der Waals surface area contributed by atoms with Gasteiger partial charge >= 0.3 is 0 Å². The zero-order valence-corrected chi connectivity index (χ0v) is 12.4. The Bertz CT molecular complexity index is 520. The summed E-state index contributed by atoms with van der Waals surface area (Å²) in [6, 6.07) is 5.86. The lowest BCUT2D eigenvalue weighted by atomic mass is 9.92. The molecule has 0 aromatic heterocycles. The van der Waals surface area contributed by atoms with Crippen LogP contribution < -0.4 is 5.32 Å². The van der Waals surface area contributed by atoms with Gasteiger partial charge in [0.15, 0.2) is 9.84 Å². The summed E-state index contributed by atoms with van der Waals surface area (Å²) in [6.45, 7) is 2.01. The molecule has 1 unspecified atom stereocenters. The molecule has 1 heterocycles. The van der Waals surface area contributed by atoms with Gasteiger partial charge in [-0.1, -0.05) is 6.07 Å². The molecule has 1 N–H and O–H groups in total. The fourth-order valence-corrected chi connectivity index (χ4v) is 4.33. The van der Waals surface area contributed by atoms with Crippen molar-refractivity contribution in [2.75, 3.05) is 25.6 Å². The molecule has 1 aliphatic heterocycles. The highest BCUT2D eigenvalue weighted by Crippen LogP contribution is 2.30. The molecule has 2 rings (SSSR count). The van der Waals surface area contributed by atoms with Gasteiger partial charge in [0.2, 0.25) is 0 Å². The standard InChI is InChI=1S/C13H19NO2S2/c1-17-12-6-5-10(8-13(12)18(2,15)16)11-4-3-7-14-9-11/h5-6,8,11,14H,3-4,7,9H2,1-2H3. The van der Waals surface area contributed by atoms with Crippen molar-refractivity contribution >= 4 is 21.6 Å². The Morgan fingerprint density at radius 3 is 2.72 bits per heavy atom. The van der Waals surface area contributed by atoms with Crippen LogP contribution in [0.2, 0.25) is 0 Å². The normalized spacial score (nSPS) is 20.9. The molecule has 1 saturated heterocycles. The van der Waals surface area contributed by atoms with Gasteiger partial charge in [0.05, 0.1) is 4.90 Å². The summed E-state index contributed by atoms with van der Waals surface area (Å²) in [4.78, 5) is 1.31. The summed E-state index contributed by atoms with van der Waals surface area (Å²) in [5.41, 5.74) is 1.14. The topological polar surface area (TPSA) is 46.2 Å². The van der Waals surface area contributed by atoms with Crippen LogP contribution in [0, 0.1) is 0 Å². The van der Waals surface area contributed by atoms with Crippen LogP contribution in [-0.2, 0) is 9.84 Å². The molecule has 100 valence electrons. The number of benzene rings is 1. The fraction of sp³-hybridized carbons (Fsp3) is 0.538. The second kappa shape index (κ2) is 5.63. The molecule has 0 bridgehead atoms. The number of hydrogen-bond acceptors (Lipinski definition) is 4. The van der Waals surface area contributed by atoms with Gasteiger partial charge in [0.25, 0.3) is 0 Å². The van der Waals surface area contributed by atoms with Crippen molar-refractivity contribution in [1.29, 1.82) is 0 Å². The molecule has 1 fully saturated rings. The van der Waals surface area contributed by atoms with E-state index >= 15 is 0 Å². The molecule has 3 nitrogen and oxygen atoms in total. The Balaban J connectivity index is 2.39. The van der Waals surface area contributed by atoms with Gasteiger partial charge < -0.3 is 5.32 Å². The van der Waals surface area contributed by atoms with Gasteiger partial charge in [-0.3, -0.25) is 0 Å². The van der Waals surface area contributed by atoms with Crippen LogP contribution >= 0.6 is 11.8 Å². The van der Waals surface area contributed by atoms with E-state index in [1.165, 1.54) is 18.0 Å². The average molecular weight is 285 g/mol. The Morgan fingerprint density at radius 1 is 1.39 bits per heavy atom. The van der Waals surface area contributed by atoms with Crippen LogP contribution in [0.1, 0.15) is 24.3 Å². The summed E-state index contributed by atoms with van der Waals surface area (Å²) in [5.74, 6) is 0.440. The molecule has 0 amide bonds. The SMILES string of the molecule is CSc1ccc(C2CCCNC2)cc1S(C)(=O)=O. The molecule has 0 radical (unpaired) electrons.